The number of halogens is 1. The van der Waals surface area contributed by atoms with Crippen LogP contribution in [0.2, 0.25) is 0 Å². The first kappa shape index (κ1) is 5.70. The standard InChI is InChI=1S/C6H6ClO/c7-5-3-1-2-4-6(5)8/h1,3-4,8H,2H2. The topological polar surface area (TPSA) is 20.2 Å². The molecule has 1 aliphatic rings. The normalized spacial score (nSPS) is 19.6. The molecule has 0 aromatic carbocycles. The highest BCUT2D eigenvalue weighted by molar-refractivity contribution is 6.31. The second-order valence-corrected chi connectivity index (χ2v) is 1.98. The summed E-state index contributed by atoms with van der Waals surface area (Å²) in [6.07, 6.45) is 6.03. The monoisotopic (exact) mass is 129 g/mol. The van der Waals surface area contributed by atoms with Crippen molar-refractivity contribution in [1.29, 1.82) is 0 Å². The lowest BCUT2D eigenvalue weighted by Gasteiger charge is -2.01. The van der Waals surface area contributed by atoms with E-state index >= 15 is 0 Å². The van der Waals surface area contributed by atoms with Gasteiger partial charge >= 0.3 is 0 Å². The van der Waals surface area contributed by atoms with Crippen LogP contribution in [-0.2, 0) is 0 Å². The molecule has 0 fully saturated rings. The minimum absolute atomic E-state index is 0.189. The Balaban J connectivity index is 2.73. The van der Waals surface area contributed by atoms with Crippen LogP contribution in [-0.4, -0.2) is 5.11 Å². The van der Waals surface area contributed by atoms with Crippen molar-refractivity contribution in [3.63, 3.8) is 0 Å². The van der Waals surface area contributed by atoms with Crippen LogP contribution in [0, 0.1) is 6.42 Å². The molecular weight excluding hydrogens is 124 g/mol. The second-order valence-electron chi connectivity index (χ2n) is 1.58. The minimum Gasteiger partial charge on any atom is -0.507 e. The van der Waals surface area contributed by atoms with E-state index in [1.54, 1.807) is 12.2 Å². The van der Waals surface area contributed by atoms with Gasteiger partial charge in [0.15, 0.2) is 0 Å². The van der Waals surface area contributed by atoms with Crippen LogP contribution in [0.15, 0.2) is 22.9 Å². The Kier molecular flexibility index (Phi) is 1.59. The summed E-state index contributed by atoms with van der Waals surface area (Å²) >= 11 is 5.48. The molecule has 0 saturated heterocycles. The zero-order valence-corrected chi connectivity index (χ0v) is 5.02. The van der Waals surface area contributed by atoms with Gasteiger partial charge in [-0.3, -0.25) is 0 Å². The number of rotatable bonds is 0. The molecule has 1 radical (unpaired) electrons. The van der Waals surface area contributed by atoms with Gasteiger partial charge < -0.3 is 5.11 Å². The third-order valence-corrected chi connectivity index (χ3v) is 1.28. The first-order chi connectivity index (χ1) is 3.80. The number of aliphatic hydroxyl groups is 1. The van der Waals surface area contributed by atoms with E-state index in [1.807, 2.05) is 6.42 Å². The summed E-state index contributed by atoms with van der Waals surface area (Å²) in [6.45, 7) is 0. The van der Waals surface area contributed by atoms with E-state index in [1.165, 1.54) is 0 Å². The van der Waals surface area contributed by atoms with Crippen LogP contribution in [0.3, 0.4) is 0 Å². The van der Waals surface area contributed by atoms with Gasteiger partial charge in [-0.05, 0) is 18.9 Å². The van der Waals surface area contributed by atoms with Gasteiger partial charge in [-0.1, -0.05) is 17.7 Å². The molecule has 0 spiro atoms. The molecule has 8 heavy (non-hydrogen) atoms. The first-order valence-electron chi connectivity index (χ1n) is 2.39. The maximum atomic E-state index is 8.82. The van der Waals surface area contributed by atoms with Crippen LogP contribution in [0.1, 0.15) is 6.42 Å². The number of hydrogen-bond donors (Lipinski definition) is 1. The zero-order valence-electron chi connectivity index (χ0n) is 4.26. The first-order valence-corrected chi connectivity index (χ1v) is 2.77. The molecule has 0 bridgehead atoms. The fourth-order valence-corrected chi connectivity index (χ4v) is 0.700. The summed E-state index contributed by atoms with van der Waals surface area (Å²) in [7, 11) is 0. The molecule has 1 aliphatic carbocycles. The van der Waals surface area contributed by atoms with E-state index in [4.69, 9.17) is 16.7 Å². The lowest BCUT2D eigenvalue weighted by Crippen LogP contribution is -1.86. The molecule has 0 unspecified atom stereocenters. The molecule has 0 saturated carbocycles. The molecule has 43 valence electrons. The van der Waals surface area contributed by atoms with E-state index in [-0.39, 0.29) is 5.76 Å². The smallest absolute Gasteiger partial charge is 0.129 e. The molecule has 2 heteroatoms. The summed E-state index contributed by atoms with van der Waals surface area (Å²) in [5.74, 6) is 0.189. The van der Waals surface area contributed by atoms with Gasteiger partial charge in [0.1, 0.15) is 5.76 Å². The van der Waals surface area contributed by atoms with Crippen molar-refractivity contribution in [2.75, 3.05) is 0 Å². The van der Waals surface area contributed by atoms with Crippen LogP contribution in [0.4, 0.5) is 0 Å². The SMILES string of the molecule is OC1=CC[CH]C=C1Cl. The Hall–Kier alpha value is -0.430. The average molecular weight is 130 g/mol. The highest BCUT2D eigenvalue weighted by Gasteiger charge is 2.01. The van der Waals surface area contributed by atoms with Crippen molar-refractivity contribution in [3.8, 4) is 0 Å². The second kappa shape index (κ2) is 2.23. The zero-order chi connectivity index (χ0) is 5.98. The Bertz CT molecular complexity index is 129. The van der Waals surface area contributed by atoms with Gasteiger partial charge in [0.2, 0.25) is 0 Å². The number of aliphatic hydroxyl groups excluding tert-OH is 1. The molecule has 0 aromatic rings. The summed E-state index contributed by atoms with van der Waals surface area (Å²) in [6, 6.07) is 0. The third-order valence-electron chi connectivity index (χ3n) is 0.956. The average Bonchev–Trinajstić information content (AvgIpc) is 1.77. The number of hydrogen-bond acceptors (Lipinski definition) is 1. The van der Waals surface area contributed by atoms with Crippen LogP contribution in [0.25, 0.3) is 0 Å². The Morgan fingerprint density at radius 1 is 1.62 bits per heavy atom. The van der Waals surface area contributed by atoms with E-state index in [0.29, 0.717) is 5.03 Å². The summed E-state index contributed by atoms with van der Waals surface area (Å²) in [5, 5.41) is 9.25. The van der Waals surface area contributed by atoms with Gasteiger partial charge in [-0.2, -0.15) is 0 Å². The molecule has 1 N–H and O–H groups in total. The highest BCUT2D eigenvalue weighted by atomic mass is 35.5. The highest BCUT2D eigenvalue weighted by Crippen LogP contribution is 2.18. The van der Waals surface area contributed by atoms with Gasteiger partial charge in [0.25, 0.3) is 0 Å². The lowest BCUT2D eigenvalue weighted by atomic mass is 10.2. The van der Waals surface area contributed by atoms with Crippen molar-refractivity contribution >= 4 is 11.6 Å². The quantitative estimate of drug-likeness (QED) is 0.532. The van der Waals surface area contributed by atoms with Crippen LogP contribution in [0.5, 0.6) is 0 Å². The Morgan fingerprint density at radius 2 is 2.38 bits per heavy atom. The Labute approximate surface area is 53.3 Å². The lowest BCUT2D eigenvalue weighted by molar-refractivity contribution is 0.425. The summed E-state index contributed by atoms with van der Waals surface area (Å²) < 4.78 is 0. The van der Waals surface area contributed by atoms with Gasteiger partial charge in [0.05, 0.1) is 5.03 Å². The van der Waals surface area contributed by atoms with Gasteiger partial charge in [-0.25, -0.2) is 0 Å². The molecule has 0 aromatic heterocycles. The third kappa shape index (κ3) is 1.04. The minimum atomic E-state index is 0.189. The summed E-state index contributed by atoms with van der Waals surface area (Å²) in [5.41, 5.74) is 0. The van der Waals surface area contributed by atoms with E-state index in [0.717, 1.165) is 6.42 Å². The fourth-order valence-electron chi connectivity index (χ4n) is 0.534. The van der Waals surface area contributed by atoms with Crippen molar-refractivity contribution in [2.45, 2.75) is 6.42 Å². The van der Waals surface area contributed by atoms with Crippen LogP contribution < -0.4 is 0 Å². The largest absolute Gasteiger partial charge is 0.507 e. The predicted molar refractivity (Wildman–Crippen MR) is 33.6 cm³/mol. The van der Waals surface area contributed by atoms with Crippen molar-refractivity contribution in [1.82, 2.24) is 0 Å². The molecule has 0 atom stereocenters. The predicted octanol–water partition coefficient (Wildman–Crippen LogP) is 2.16. The van der Waals surface area contributed by atoms with Crippen molar-refractivity contribution < 1.29 is 5.11 Å². The van der Waals surface area contributed by atoms with E-state index in [2.05, 4.69) is 0 Å². The molecule has 1 rings (SSSR count). The maximum Gasteiger partial charge on any atom is 0.129 e. The van der Waals surface area contributed by atoms with E-state index in [9.17, 15) is 0 Å². The molecule has 0 amide bonds. The molecule has 1 nitrogen and oxygen atoms in total. The van der Waals surface area contributed by atoms with E-state index < -0.39 is 0 Å². The van der Waals surface area contributed by atoms with Crippen LogP contribution >= 0.6 is 11.6 Å². The molecule has 0 aliphatic heterocycles. The molecular formula is C6H6ClO. The number of allylic oxidation sites excluding steroid dienone is 3. The van der Waals surface area contributed by atoms with Crippen molar-refractivity contribution in [3.05, 3.63) is 29.4 Å². The Morgan fingerprint density at radius 3 is 2.75 bits per heavy atom. The van der Waals surface area contributed by atoms with Gasteiger partial charge in [0, 0.05) is 0 Å². The molecule has 0 heterocycles. The maximum absolute atomic E-state index is 8.82. The van der Waals surface area contributed by atoms with Gasteiger partial charge in [-0.15, -0.1) is 0 Å². The summed E-state index contributed by atoms with van der Waals surface area (Å²) in [4.78, 5) is 0. The van der Waals surface area contributed by atoms with Crippen molar-refractivity contribution in [2.24, 2.45) is 0 Å². The fraction of sp³-hybridized carbons (Fsp3) is 0.167.